The first-order chi connectivity index (χ1) is 18.6. The Hall–Kier alpha value is -3.45. The van der Waals surface area contributed by atoms with E-state index in [2.05, 4.69) is 6.92 Å². The number of carbonyl (C=O) groups is 5. The molecule has 0 aromatic heterocycles. The number of ketones is 5. The zero-order valence-corrected chi connectivity index (χ0v) is 23.8. The van der Waals surface area contributed by atoms with Gasteiger partial charge in [0, 0.05) is 11.3 Å². The van der Waals surface area contributed by atoms with Crippen molar-refractivity contribution in [2.75, 3.05) is 0 Å². The maximum absolute atomic E-state index is 14.3. The molecule has 7 heteroatoms. The van der Waals surface area contributed by atoms with Crippen LogP contribution in [0.4, 0.5) is 0 Å². The molecular formula is C33H36O7. The van der Waals surface area contributed by atoms with E-state index in [1.165, 1.54) is 6.07 Å². The number of aromatic hydroxyl groups is 1. The lowest BCUT2D eigenvalue weighted by atomic mass is 9.40. The van der Waals surface area contributed by atoms with Crippen molar-refractivity contribution < 1.29 is 34.2 Å². The molecule has 7 nitrogen and oxygen atoms in total. The van der Waals surface area contributed by atoms with Gasteiger partial charge in [-0.2, -0.15) is 0 Å². The first-order valence-corrected chi connectivity index (χ1v) is 14.0. The van der Waals surface area contributed by atoms with Crippen LogP contribution in [0.5, 0.6) is 5.75 Å². The van der Waals surface area contributed by atoms with E-state index in [4.69, 9.17) is 0 Å². The van der Waals surface area contributed by atoms with E-state index in [0.717, 1.165) is 30.0 Å². The molecule has 0 aliphatic heterocycles. The third-order valence-corrected chi connectivity index (χ3v) is 9.94. The highest BCUT2D eigenvalue weighted by atomic mass is 16.3. The van der Waals surface area contributed by atoms with Crippen LogP contribution in [0.15, 0.2) is 36.4 Å². The van der Waals surface area contributed by atoms with Gasteiger partial charge in [-0.3, -0.25) is 24.0 Å². The molecule has 0 heterocycles. The van der Waals surface area contributed by atoms with Gasteiger partial charge in [0.05, 0.1) is 11.5 Å². The van der Waals surface area contributed by atoms with Crippen LogP contribution in [-0.2, 0) is 32.0 Å². The van der Waals surface area contributed by atoms with Crippen molar-refractivity contribution >= 4 is 28.9 Å². The maximum atomic E-state index is 14.3. The Labute approximate surface area is 234 Å². The summed E-state index contributed by atoms with van der Waals surface area (Å²) in [5.74, 6) is -8.84. The topological polar surface area (TPSA) is 126 Å². The lowest BCUT2D eigenvalue weighted by Crippen LogP contribution is -2.76. The van der Waals surface area contributed by atoms with E-state index in [9.17, 15) is 34.2 Å². The minimum absolute atomic E-state index is 0.0166. The van der Waals surface area contributed by atoms with Crippen LogP contribution >= 0.6 is 0 Å². The van der Waals surface area contributed by atoms with Crippen molar-refractivity contribution in [2.45, 2.75) is 66.4 Å². The van der Waals surface area contributed by atoms with Gasteiger partial charge in [0.25, 0.3) is 0 Å². The van der Waals surface area contributed by atoms with Crippen LogP contribution in [0, 0.1) is 34.5 Å². The number of phenolic OH excluding ortho intramolecular Hbond substituents is 1. The number of hydrogen-bond donors (Lipinski definition) is 2. The molecule has 2 saturated carbocycles. The van der Waals surface area contributed by atoms with Crippen molar-refractivity contribution in [2.24, 2.45) is 34.5 Å². The predicted molar refractivity (Wildman–Crippen MR) is 148 cm³/mol. The first kappa shape index (κ1) is 28.1. The fraction of sp³-hybridized carbons (Fsp3) is 0.485. The van der Waals surface area contributed by atoms with E-state index in [0.29, 0.717) is 5.56 Å². The number of benzene rings is 2. The summed E-state index contributed by atoms with van der Waals surface area (Å²) in [6, 6.07) is 11.1. The lowest BCUT2D eigenvalue weighted by Gasteiger charge is -2.61. The number of carbonyl (C=O) groups excluding carboxylic acids is 5. The molecule has 3 aliphatic carbocycles. The molecule has 6 atom stereocenters. The molecular weight excluding hydrogens is 508 g/mol. The average molecular weight is 545 g/mol. The third kappa shape index (κ3) is 3.49. The molecule has 0 bridgehead atoms. The Balaban J connectivity index is 1.73. The molecule has 5 rings (SSSR count). The number of Topliss-reactive ketones (excluding diaryl/α,β-unsaturated/α-hetero) is 5. The van der Waals surface area contributed by atoms with Gasteiger partial charge in [0.1, 0.15) is 17.5 Å². The summed E-state index contributed by atoms with van der Waals surface area (Å²) >= 11 is 0. The molecule has 2 fully saturated rings. The molecule has 3 aliphatic rings. The number of aliphatic hydroxyl groups is 1. The Bertz CT molecular complexity index is 1480. The summed E-state index contributed by atoms with van der Waals surface area (Å²) < 4.78 is 0. The highest BCUT2D eigenvalue weighted by Gasteiger charge is 2.76. The zero-order chi connectivity index (χ0) is 29.5. The maximum Gasteiger partial charge on any atom is 0.190 e. The number of hydrogen-bond acceptors (Lipinski definition) is 7. The van der Waals surface area contributed by atoms with E-state index < -0.39 is 63.1 Å². The average Bonchev–Trinajstić information content (AvgIpc) is 2.86. The van der Waals surface area contributed by atoms with Gasteiger partial charge in [0.2, 0.25) is 0 Å². The third-order valence-electron chi connectivity index (χ3n) is 9.94. The molecule has 0 spiro atoms. The minimum atomic E-state index is -2.69. The fourth-order valence-corrected chi connectivity index (χ4v) is 8.33. The van der Waals surface area contributed by atoms with Crippen molar-refractivity contribution in [1.29, 1.82) is 0 Å². The lowest BCUT2D eigenvalue weighted by molar-refractivity contribution is -0.205. The van der Waals surface area contributed by atoms with Crippen LogP contribution in [0.2, 0.25) is 0 Å². The van der Waals surface area contributed by atoms with Crippen LogP contribution in [-0.4, -0.2) is 44.7 Å². The summed E-state index contributed by atoms with van der Waals surface area (Å²) in [6.45, 7) is 10.1. The fourth-order valence-electron chi connectivity index (χ4n) is 8.33. The van der Waals surface area contributed by atoms with Crippen LogP contribution in [0.1, 0.15) is 69.4 Å². The van der Waals surface area contributed by atoms with Gasteiger partial charge < -0.3 is 10.2 Å². The molecule has 2 N–H and O–H groups in total. The summed E-state index contributed by atoms with van der Waals surface area (Å²) in [4.78, 5) is 68.3. The van der Waals surface area contributed by atoms with Crippen molar-refractivity contribution in [3.05, 3.63) is 53.1 Å². The monoisotopic (exact) mass is 544 g/mol. The summed E-state index contributed by atoms with van der Waals surface area (Å²) in [5, 5.41) is 22.9. The van der Waals surface area contributed by atoms with Crippen LogP contribution in [0.25, 0.3) is 11.1 Å². The number of phenols is 1. The normalized spacial score (nSPS) is 33.5. The van der Waals surface area contributed by atoms with Crippen molar-refractivity contribution in [1.82, 2.24) is 0 Å². The highest BCUT2D eigenvalue weighted by molar-refractivity contribution is 6.32. The van der Waals surface area contributed by atoms with Crippen molar-refractivity contribution in [3.63, 3.8) is 0 Å². The molecule has 0 saturated heterocycles. The zero-order valence-electron chi connectivity index (χ0n) is 23.8. The van der Waals surface area contributed by atoms with Crippen molar-refractivity contribution in [3.8, 4) is 16.9 Å². The Kier molecular flexibility index (Phi) is 6.34. The van der Waals surface area contributed by atoms with Gasteiger partial charge in [-0.25, -0.2) is 0 Å². The Morgan fingerprint density at radius 1 is 1.00 bits per heavy atom. The smallest absolute Gasteiger partial charge is 0.190 e. The Morgan fingerprint density at radius 3 is 2.17 bits per heavy atom. The molecule has 40 heavy (non-hydrogen) atoms. The van der Waals surface area contributed by atoms with Crippen LogP contribution in [0.3, 0.4) is 0 Å². The van der Waals surface area contributed by atoms with Gasteiger partial charge in [-0.15, -0.1) is 0 Å². The molecule has 210 valence electrons. The van der Waals surface area contributed by atoms with Gasteiger partial charge in [-0.1, -0.05) is 65.0 Å². The largest absolute Gasteiger partial charge is 0.507 e. The SMILES string of the molecule is CCc1ccc(-c2ccc(O)c3c2C[C@]2(C)C[C@]4(C)C(C(C)C)C(=O)C(C(C)=O)C(=O)[C@]4(O)C(=O)C2C3=O)cc1. The predicted octanol–water partition coefficient (Wildman–Crippen LogP) is 4.32. The molecule has 0 amide bonds. The molecule has 3 unspecified atom stereocenters. The Morgan fingerprint density at radius 2 is 1.62 bits per heavy atom. The highest BCUT2D eigenvalue weighted by Crippen LogP contribution is 2.64. The molecule has 0 radical (unpaired) electrons. The molecule has 2 aromatic rings. The second-order valence-corrected chi connectivity index (χ2v) is 12.9. The van der Waals surface area contributed by atoms with Gasteiger partial charge >= 0.3 is 0 Å². The van der Waals surface area contributed by atoms with E-state index in [1.807, 2.05) is 24.3 Å². The summed E-state index contributed by atoms with van der Waals surface area (Å²) in [7, 11) is 0. The number of fused-ring (bicyclic) bond motifs is 3. The summed E-state index contributed by atoms with van der Waals surface area (Å²) in [5.41, 5.74) is -1.87. The minimum Gasteiger partial charge on any atom is -0.507 e. The second kappa shape index (κ2) is 9.03. The standard InChI is InChI=1S/C33H36O7/c1-7-18-8-10-19(11-9-18)20-12-13-22(35)24-21(20)14-31(5)15-32(6)25(16(2)3)27(36)23(17(4)34)29(38)33(32,40)30(39)26(31)28(24)37/h8-13,16,23,25-26,35,40H,7,14-15H2,1-6H3/t23?,25?,26?,31-,32-,33+/m1/s1. The van der Waals surface area contributed by atoms with E-state index in [1.54, 1.807) is 33.8 Å². The van der Waals surface area contributed by atoms with Gasteiger partial charge in [0.15, 0.2) is 28.7 Å². The van der Waals surface area contributed by atoms with E-state index >= 15 is 0 Å². The second-order valence-electron chi connectivity index (χ2n) is 12.9. The number of aryl methyl sites for hydroxylation is 1. The number of rotatable bonds is 4. The quantitative estimate of drug-likeness (QED) is 0.549. The van der Waals surface area contributed by atoms with Crippen LogP contribution < -0.4 is 0 Å². The summed E-state index contributed by atoms with van der Waals surface area (Å²) in [6.07, 6.45) is 1.13. The molecule has 2 aromatic carbocycles. The van der Waals surface area contributed by atoms with E-state index in [-0.39, 0.29) is 30.1 Å². The van der Waals surface area contributed by atoms with Gasteiger partial charge in [-0.05, 0) is 65.8 Å². The first-order valence-electron chi connectivity index (χ1n) is 14.0.